The van der Waals surface area contributed by atoms with Gasteiger partial charge in [0.25, 0.3) is 5.91 Å². The number of nitro groups is 1. The predicted molar refractivity (Wildman–Crippen MR) is 113 cm³/mol. The summed E-state index contributed by atoms with van der Waals surface area (Å²) in [5.41, 5.74) is -0.538. The molecule has 1 amide bonds. The molecule has 0 radical (unpaired) electrons. The predicted octanol–water partition coefficient (Wildman–Crippen LogP) is 6.41. The van der Waals surface area contributed by atoms with Gasteiger partial charge >= 0.3 is 5.69 Å². The van der Waals surface area contributed by atoms with Crippen molar-refractivity contribution in [1.82, 2.24) is 0 Å². The lowest BCUT2D eigenvalue weighted by Crippen LogP contribution is -2.12. The first-order valence-electron chi connectivity index (χ1n) is 7.96. The number of carbonyl (C=O) groups is 1. The molecule has 29 heavy (non-hydrogen) atoms. The summed E-state index contributed by atoms with van der Waals surface area (Å²) in [6.45, 7) is 0. The summed E-state index contributed by atoms with van der Waals surface area (Å²) in [6.07, 6.45) is 0. The third-order valence-corrected chi connectivity index (χ3v) is 4.73. The van der Waals surface area contributed by atoms with Crippen LogP contribution in [0, 0.1) is 10.1 Å². The van der Waals surface area contributed by atoms with Crippen LogP contribution in [0.5, 0.6) is 17.2 Å². The van der Waals surface area contributed by atoms with Gasteiger partial charge in [0.2, 0.25) is 5.75 Å². The van der Waals surface area contributed by atoms with Crippen molar-refractivity contribution in [1.29, 1.82) is 0 Å². The van der Waals surface area contributed by atoms with Gasteiger partial charge in [-0.3, -0.25) is 14.9 Å². The zero-order valence-electron chi connectivity index (χ0n) is 14.4. The van der Waals surface area contributed by atoms with Gasteiger partial charge in [-0.25, -0.2) is 0 Å². The van der Waals surface area contributed by atoms with Gasteiger partial charge in [0.05, 0.1) is 15.5 Å². The Bertz CT molecular complexity index is 1110. The number of ether oxygens (including phenoxy) is 1. The van der Waals surface area contributed by atoms with Gasteiger partial charge in [0.1, 0.15) is 11.5 Å². The molecule has 0 heterocycles. The van der Waals surface area contributed by atoms with E-state index in [0.29, 0.717) is 22.2 Å². The molecular formula is C19H11BrCl2N2O5. The second-order valence-electron chi connectivity index (χ2n) is 5.73. The number of nitrogens with zero attached hydrogens (tertiary/aromatic N) is 1. The van der Waals surface area contributed by atoms with E-state index in [1.54, 1.807) is 36.4 Å². The highest BCUT2D eigenvalue weighted by Crippen LogP contribution is 2.35. The normalized spacial score (nSPS) is 10.4. The number of carbonyl (C=O) groups excluding carboxylic acids is 1. The van der Waals surface area contributed by atoms with Crippen molar-refractivity contribution in [3.8, 4) is 17.2 Å². The van der Waals surface area contributed by atoms with E-state index in [1.165, 1.54) is 12.1 Å². The monoisotopic (exact) mass is 496 g/mol. The Balaban J connectivity index is 1.80. The Morgan fingerprint density at radius 3 is 2.41 bits per heavy atom. The molecule has 3 aromatic carbocycles. The lowest BCUT2D eigenvalue weighted by molar-refractivity contribution is -0.386. The molecule has 0 aromatic heterocycles. The molecule has 0 saturated carbocycles. The average molecular weight is 498 g/mol. The van der Waals surface area contributed by atoms with Gasteiger partial charge in [-0.05, 0) is 48.5 Å². The Labute approximate surface area is 183 Å². The third-order valence-electron chi connectivity index (χ3n) is 3.73. The molecule has 0 atom stereocenters. The second kappa shape index (κ2) is 8.69. The number of amides is 1. The van der Waals surface area contributed by atoms with Crippen molar-refractivity contribution >= 4 is 56.4 Å². The summed E-state index contributed by atoms with van der Waals surface area (Å²) < 4.78 is 5.94. The van der Waals surface area contributed by atoms with Crippen LogP contribution >= 0.6 is 39.1 Å². The standard InChI is InChI=1S/C19H11BrCl2N2O5/c20-10-7-14(18(25)16(8-10)24(27)28)19(26)23-12-3-6-17(15(22)9-12)29-13-4-1-11(21)2-5-13/h1-9,25H,(H,23,26). The van der Waals surface area contributed by atoms with E-state index < -0.39 is 22.3 Å². The fourth-order valence-corrected chi connectivity index (χ4v) is 3.18. The number of hydrogen-bond acceptors (Lipinski definition) is 5. The topological polar surface area (TPSA) is 102 Å². The van der Waals surface area contributed by atoms with Gasteiger partial charge in [-0.1, -0.05) is 39.1 Å². The molecule has 10 heteroatoms. The van der Waals surface area contributed by atoms with Crippen molar-refractivity contribution in [2.75, 3.05) is 5.32 Å². The number of phenolic OH excluding ortho intramolecular Hbond substituents is 1. The van der Waals surface area contributed by atoms with Gasteiger partial charge in [0, 0.05) is 21.2 Å². The van der Waals surface area contributed by atoms with Crippen molar-refractivity contribution in [2.24, 2.45) is 0 Å². The number of nitrogens with one attached hydrogen (secondary N) is 1. The first-order chi connectivity index (χ1) is 13.7. The maximum Gasteiger partial charge on any atom is 0.312 e. The third kappa shape index (κ3) is 4.97. The number of phenols is 1. The number of hydrogen-bond donors (Lipinski definition) is 2. The minimum absolute atomic E-state index is 0.224. The lowest BCUT2D eigenvalue weighted by atomic mass is 10.1. The molecule has 0 bridgehead atoms. The summed E-state index contributed by atoms with van der Waals surface area (Å²) in [4.78, 5) is 22.7. The molecule has 0 aliphatic heterocycles. The number of aromatic hydroxyl groups is 1. The number of benzene rings is 3. The number of rotatable bonds is 5. The van der Waals surface area contributed by atoms with E-state index in [2.05, 4.69) is 21.2 Å². The summed E-state index contributed by atoms with van der Waals surface area (Å²) in [5.74, 6) is -0.591. The Morgan fingerprint density at radius 1 is 1.10 bits per heavy atom. The van der Waals surface area contributed by atoms with Crippen LogP contribution < -0.4 is 10.1 Å². The molecule has 3 aromatic rings. The molecule has 2 N–H and O–H groups in total. The van der Waals surface area contributed by atoms with Crippen molar-refractivity contribution in [3.63, 3.8) is 0 Å². The molecule has 0 aliphatic rings. The lowest BCUT2D eigenvalue weighted by Gasteiger charge is -2.11. The highest BCUT2D eigenvalue weighted by Gasteiger charge is 2.23. The van der Waals surface area contributed by atoms with Crippen molar-refractivity contribution in [2.45, 2.75) is 0 Å². The zero-order chi connectivity index (χ0) is 21.1. The van der Waals surface area contributed by atoms with Crippen LogP contribution in [0.15, 0.2) is 59.1 Å². The van der Waals surface area contributed by atoms with E-state index in [9.17, 15) is 20.0 Å². The zero-order valence-corrected chi connectivity index (χ0v) is 17.5. The molecule has 0 unspecified atom stereocenters. The molecule has 3 rings (SSSR count). The molecule has 0 fully saturated rings. The Kier molecular flexibility index (Phi) is 6.26. The molecule has 0 spiro atoms. The number of anilines is 1. The van der Waals surface area contributed by atoms with Crippen LogP contribution in [0.3, 0.4) is 0 Å². The molecule has 0 aliphatic carbocycles. The van der Waals surface area contributed by atoms with Crippen LogP contribution in [-0.2, 0) is 0 Å². The first-order valence-corrected chi connectivity index (χ1v) is 9.50. The minimum atomic E-state index is -0.781. The van der Waals surface area contributed by atoms with E-state index >= 15 is 0 Å². The van der Waals surface area contributed by atoms with Gasteiger partial charge in [0.15, 0.2) is 0 Å². The highest BCUT2D eigenvalue weighted by molar-refractivity contribution is 9.10. The largest absolute Gasteiger partial charge is 0.502 e. The fourth-order valence-electron chi connectivity index (χ4n) is 2.39. The number of nitro benzene ring substituents is 1. The average Bonchev–Trinajstić information content (AvgIpc) is 2.67. The molecular weight excluding hydrogens is 487 g/mol. The van der Waals surface area contributed by atoms with E-state index in [1.807, 2.05) is 0 Å². The van der Waals surface area contributed by atoms with Gasteiger partial charge < -0.3 is 15.2 Å². The maximum atomic E-state index is 12.5. The van der Waals surface area contributed by atoms with Crippen LogP contribution in [0.2, 0.25) is 10.0 Å². The first kappa shape index (κ1) is 20.9. The Morgan fingerprint density at radius 2 is 1.79 bits per heavy atom. The SMILES string of the molecule is O=C(Nc1ccc(Oc2ccc(Cl)cc2)c(Cl)c1)c1cc(Br)cc([N+](=O)[O-])c1O. The van der Waals surface area contributed by atoms with Gasteiger partial charge in [-0.15, -0.1) is 0 Å². The highest BCUT2D eigenvalue weighted by atomic mass is 79.9. The van der Waals surface area contributed by atoms with Crippen LogP contribution in [0.1, 0.15) is 10.4 Å². The maximum absolute atomic E-state index is 12.5. The number of halogens is 3. The van der Waals surface area contributed by atoms with Crippen LogP contribution in [0.25, 0.3) is 0 Å². The van der Waals surface area contributed by atoms with Crippen molar-refractivity contribution in [3.05, 3.63) is 84.8 Å². The van der Waals surface area contributed by atoms with Gasteiger partial charge in [-0.2, -0.15) is 0 Å². The quantitative estimate of drug-likeness (QED) is 0.313. The summed E-state index contributed by atoms with van der Waals surface area (Å²) in [7, 11) is 0. The molecule has 0 saturated heterocycles. The van der Waals surface area contributed by atoms with E-state index in [-0.39, 0.29) is 15.1 Å². The Hall–Kier alpha value is -2.81. The summed E-state index contributed by atoms with van der Waals surface area (Å²) in [6, 6.07) is 13.6. The summed E-state index contributed by atoms with van der Waals surface area (Å²) >= 11 is 15.1. The summed E-state index contributed by atoms with van der Waals surface area (Å²) in [5, 5.41) is 24.4. The fraction of sp³-hybridized carbons (Fsp3) is 0. The van der Waals surface area contributed by atoms with Crippen molar-refractivity contribution < 1.29 is 19.6 Å². The second-order valence-corrected chi connectivity index (χ2v) is 7.49. The van der Waals surface area contributed by atoms with Crippen LogP contribution in [0.4, 0.5) is 11.4 Å². The van der Waals surface area contributed by atoms with E-state index in [0.717, 1.165) is 6.07 Å². The molecule has 7 nitrogen and oxygen atoms in total. The van der Waals surface area contributed by atoms with E-state index in [4.69, 9.17) is 27.9 Å². The minimum Gasteiger partial charge on any atom is -0.502 e. The smallest absolute Gasteiger partial charge is 0.312 e. The molecule has 148 valence electrons. The van der Waals surface area contributed by atoms with Crippen LogP contribution in [-0.4, -0.2) is 15.9 Å².